The van der Waals surface area contributed by atoms with Crippen LogP contribution in [0, 0.1) is 0 Å². The second kappa shape index (κ2) is 10.1. The highest BCUT2D eigenvalue weighted by Gasteiger charge is 2.39. The molecule has 0 atom stereocenters. The quantitative estimate of drug-likeness (QED) is 0.163. The minimum absolute atomic E-state index is 0.0986. The SMILES string of the molecule is CC1(C)c2c(ccc3ccccc23)-c2ccc3c(sc4ccc(-c5c6ccccc6c(-c6cccc7ccccc67)c6ccccc56)cc43)c21. The number of hydrogen-bond donors (Lipinski definition) is 0. The average molecular weight is 653 g/mol. The Hall–Kier alpha value is -5.76. The summed E-state index contributed by atoms with van der Waals surface area (Å²) in [5, 5.41) is 13.1. The van der Waals surface area contributed by atoms with Crippen LogP contribution in [0.2, 0.25) is 0 Å². The maximum atomic E-state index is 2.47. The van der Waals surface area contributed by atoms with E-state index in [9.17, 15) is 0 Å². The summed E-state index contributed by atoms with van der Waals surface area (Å²) >= 11 is 1.96. The number of benzene rings is 9. The highest BCUT2D eigenvalue weighted by molar-refractivity contribution is 7.26. The van der Waals surface area contributed by atoms with Gasteiger partial charge in [0.25, 0.3) is 0 Å². The maximum Gasteiger partial charge on any atom is 0.0402 e. The van der Waals surface area contributed by atoms with Crippen LogP contribution < -0.4 is 0 Å². The predicted octanol–water partition coefficient (Wildman–Crippen LogP) is 14.3. The van der Waals surface area contributed by atoms with Gasteiger partial charge in [-0.25, -0.2) is 0 Å². The van der Waals surface area contributed by atoms with Gasteiger partial charge in [0.05, 0.1) is 0 Å². The molecule has 1 heterocycles. The molecular formula is C49H32S. The Bertz CT molecular complexity index is 3000. The summed E-state index contributed by atoms with van der Waals surface area (Å²) in [4.78, 5) is 0. The maximum absolute atomic E-state index is 2.47. The number of fused-ring (bicyclic) bond motifs is 12. The fourth-order valence-corrected chi connectivity index (χ4v) is 10.7. The normalized spacial score (nSPS) is 13.6. The summed E-state index contributed by atoms with van der Waals surface area (Å²) in [5.41, 5.74) is 10.8. The van der Waals surface area contributed by atoms with Crippen LogP contribution in [0.3, 0.4) is 0 Å². The molecule has 1 heteroatoms. The van der Waals surface area contributed by atoms with Gasteiger partial charge >= 0.3 is 0 Å². The van der Waals surface area contributed by atoms with Gasteiger partial charge in [-0.3, -0.25) is 0 Å². The first-order valence-electron chi connectivity index (χ1n) is 17.5. The van der Waals surface area contributed by atoms with Gasteiger partial charge in [0.15, 0.2) is 0 Å². The molecule has 1 aliphatic carbocycles. The second-order valence-corrected chi connectivity index (χ2v) is 15.4. The summed E-state index contributed by atoms with van der Waals surface area (Å²) in [6.07, 6.45) is 0. The molecule has 0 saturated heterocycles. The van der Waals surface area contributed by atoms with E-state index in [0.717, 1.165) is 0 Å². The van der Waals surface area contributed by atoms with Crippen molar-refractivity contribution in [2.75, 3.05) is 0 Å². The number of thiophene rings is 1. The molecule has 0 aliphatic heterocycles. The molecule has 0 nitrogen and oxygen atoms in total. The van der Waals surface area contributed by atoms with Gasteiger partial charge in [0.1, 0.15) is 0 Å². The first kappa shape index (κ1) is 28.1. The summed E-state index contributed by atoms with van der Waals surface area (Å²) in [7, 11) is 0. The predicted molar refractivity (Wildman–Crippen MR) is 218 cm³/mol. The van der Waals surface area contributed by atoms with Crippen molar-refractivity contribution in [2.24, 2.45) is 0 Å². The average Bonchev–Trinajstić information content (AvgIpc) is 3.65. The molecule has 0 bridgehead atoms. The molecule has 1 aliphatic rings. The van der Waals surface area contributed by atoms with Crippen LogP contribution in [0.1, 0.15) is 25.0 Å². The largest absolute Gasteiger partial charge is 0.135 e. The molecule has 1 aromatic heterocycles. The van der Waals surface area contributed by atoms with Gasteiger partial charge in [0.2, 0.25) is 0 Å². The molecule has 0 radical (unpaired) electrons. The van der Waals surface area contributed by atoms with Crippen molar-refractivity contribution in [1.29, 1.82) is 0 Å². The van der Waals surface area contributed by atoms with Crippen LogP contribution in [0.4, 0.5) is 0 Å². The number of rotatable bonds is 2. The zero-order valence-electron chi connectivity index (χ0n) is 27.9. The first-order chi connectivity index (χ1) is 24.6. The Balaban J connectivity index is 1.17. The molecule has 0 saturated carbocycles. The van der Waals surface area contributed by atoms with E-state index in [0.29, 0.717) is 0 Å². The lowest BCUT2D eigenvalue weighted by Crippen LogP contribution is -2.15. The van der Waals surface area contributed by atoms with Crippen LogP contribution >= 0.6 is 11.3 Å². The van der Waals surface area contributed by atoms with Crippen molar-refractivity contribution < 1.29 is 0 Å². The van der Waals surface area contributed by atoms with E-state index in [-0.39, 0.29) is 5.41 Å². The van der Waals surface area contributed by atoms with Crippen LogP contribution in [0.5, 0.6) is 0 Å². The summed E-state index contributed by atoms with van der Waals surface area (Å²) in [5.74, 6) is 0. The van der Waals surface area contributed by atoms with Crippen molar-refractivity contribution in [2.45, 2.75) is 19.3 Å². The Morgan fingerprint density at radius 2 is 0.940 bits per heavy atom. The Labute approximate surface area is 294 Å². The van der Waals surface area contributed by atoms with Crippen LogP contribution in [-0.2, 0) is 5.41 Å². The van der Waals surface area contributed by atoms with Crippen molar-refractivity contribution in [1.82, 2.24) is 0 Å². The molecule has 0 N–H and O–H groups in total. The zero-order chi connectivity index (χ0) is 33.1. The van der Waals surface area contributed by atoms with Crippen LogP contribution in [-0.4, -0.2) is 0 Å². The third-order valence-electron chi connectivity index (χ3n) is 11.4. The van der Waals surface area contributed by atoms with Crippen molar-refractivity contribution in [3.8, 4) is 33.4 Å². The number of hydrogen-bond acceptors (Lipinski definition) is 1. The smallest absolute Gasteiger partial charge is 0.0402 e. The zero-order valence-corrected chi connectivity index (χ0v) is 28.7. The van der Waals surface area contributed by atoms with Gasteiger partial charge in [0, 0.05) is 25.6 Å². The van der Waals surface area contributed by atoms with E-state index >= 15 is 0 Å². The van der Waals surface area contributed by atoms with Crippen LogP contribution in [0.25, 0.3) is 96.6 Å². The van der Waals surface area contributed by atoms with Crippen LogP contribution in [0.15, 0.2) is 158 Å². The molecule has 11 rings (SSSR count). The molecule has 234 valence electrons. The van der Waals surface area contributed by atoms with Crippen molar-refractivity contribution in [3.05, 3.63) is 169 Å². The fraction of sp³-hybridized carbons (Fsp3) is 0.0612. The highest BCUT2D eigenvalue weighted by Crippen LogP contribution is 2.56. The Morgan fingerprint density at radius 3 is 1.66 bits per heavy atom. The van der Waals surface area contributed by atoms with E-state index in [2.05, 4.69) is 172 Å². The molecular weight excluding hydrogens is 621 g/mol. The highest BCUT2D eigenvalue weighted by atomic mass is 32.1. The standard InChI is InChI=1S/C49H32S/c1-49(2)46-33-16-6-4-13-30(33)22-24-39(46)40-25-26-41-42-28-31(23-27-43(42)50-48(41)47(40)49)44-35-17-7-9-19-37(35)45(38-20-10-8-18-36(38)44)34-21-11-14-29-12-3-5-15-32(29)34/h3-28H,1-2H3. The summed E-state index contributed by atoms with van der Waals surface area (Å²) in [6, 6.07) is 59.0. The summed E-state index contributed by atoms with van der Waals surface area (Å²) in [6.45, 7) is 4.85. The molecule has 10 aromatic rings. The fourth-order valence-electron chi connectivity index (χ4n) is 9.31. The lowest BCUT2D eigenvalue weighted by molar-refractivity contribution is 0.673. The van der Waals surface area contributed by atoms with Gasteiger partial charge in [-0.15, -0.1) is 11.3 Å². The lowest BCUT2D eigenvalue weighted by atomic mass is 9.80. The topological polar surface area (TPSA) is 0 Å². The molecule has 0 fully saturated rings. The third-order valence-corrected chi connectivity index (χ3v) is 12.6. The first-order valence-corrected chi connectivity index (χ1v) is 18.3. The van der Waals surface area contributed by atoms with Crippen molar-refractivity contribution >= 4 is 74.6 Å². The van der Waals surface area contributed by atoms with Gasteiger partial charge in [-0.05, 0) is 99.7 Å². The van der Waals surface area contributed by atoms with E-state index < -0.39 is 0 Å². The summed E-state index contributed by atoms with van der Waals surface area (Å²) < 4.78 is 2.76. The minimum atomic E-state index is -0.0986. The van der Waals surface area contributed by atoms with Gasteiger partial charge < -0.3 is 0 Å². The van der Waals surface area contributed by atoms with E-state index in [1.54, 1.807) is 0 Å². The Morgan fingerprint density at radius 1 is 0.380 bits per heavy atom. The third kappa shape index (κ3) is 3.71. The molecule has 50 heavy (non-hydrogen) atoms. The molecule has 9 aromatic carbocycles. The second-order valence-electron chi connectivity index (χ2n) is 14.4. The molecule has 0 spiro atoms. The monoisotopic (exact) mass is 652 g/mol. The molecule has 0 unspecified atom stereocenters. The van der Waals surface area contributed by atoms with E-state index in [1.807, 2.05) is 11.3 Å². The minimum Gasteiger partial charge on any atom is -0.135 e. The van der Waals surface area contributed by atoms with Gasteiger partial charge in [-0.1, -0.05) is 159 Å². The lowest BCUT2D eigenvalue weighted by Gasteiger charge is -2.23. The van der Waals surface area contributed by atoms with E-state index in [1.165, 1.54) is 108 Å². The molecule has 0 amide bonds. The Kier molecular flexibility index (Phi) is 5.70. The van der Waals surface area contributed by atoms with Crippen molar-refractivity contribution in [3.63, 3.8) is 0 Å². The van der Waals surface area contributed by atoms with Gasteiger partial charge in [-0.2, -0.15) is 0 Å². The van der Waals surface area contributed by atoms with E-state index in [4.69, 9.17) is 0 Å².